The first-order valence-electron chi connectivity index (χ1n) is 7.59. The summed E-state index contributed by atoms with van der Waals surface area (Å²) in [6.07, 6.45) is 7.73. The summed E-state index contributed by atoms with van der Waals surface area (Å²) >= 11 is 0. The predicted octanol–water partition coefficient (Wildman–Crippen LogP) is 4.58. The smallest absolute Gasteiger partial charge is 0.122 e. The van der Waals surface area contributed by atoms with Crippen molar-refractivity contribution in [3.63, 3.8) is 0 Å². The maximum Gasteiger partial charge on any atom is 0.122 e. The van der Waals surface area contributed by atoms with Crippen LogP contribution in [0.5, 0.6) is 11.5 Å². The molecule has 0 spiro atoms. The van der Waals surface area contributed by atoms with E-state index in [-0.39, 0.29) is 0 Å². The SMILES string of the molecule is CCCCCCCCOCc1cc(OC)cc(OC)c1. The second-order valence-electron chi connectivity index (χ2n) is 5.04. The van der Waals surface area contributed by atoms with Gasteiger partial charge in [0.05, 0.1) is 20.8 Å². The van der Waals surface area contributed by atoms with E-state index in [4.69, 9.17) is 14.2 Å². The Morgan fingerprint density at radius 2 is 1.40 bits per heavy atom. The van der Waals surface area contributed by atoms with Crippen LogP contribution in [0.25, 0.3) is 0 Å². The van der Waals surface area contributed by atoms with Gasteiger partial charge in [-0.2, -0.15) is 0 Å². The third-order valence-corrected chi connectivity index (χ3v) is 3.32. The molecule has 3 heteroatoms. The van der Waals surface area contributed by atoms with E-state index in [2.05, 4.69) is 6.92 Å². The van der Waals surface area contributed by atoms with Gasteiger partial charge < -0.3 is 14.2 Å². The van der Waals surface area contributed by atoms with E-state index in [1.807, 2.05) is 18.2 Å². The highest BCUT2D eigenvalue weighted by Gasteiger charge is 2.02. The zero-order valence-corrected chi connectivity index (χ0v) is 13.1. The molecule has 0 aliphatic carbocycles. The van der Waals surface area contributed by atoms with Gasteiger partial charge in [0.2, 0.25) is 0 Å². The van der Waals surface area contributed by atoms with Gasteiger partial charge in [0.15, 0.2) is 0 Å². The summed E-state index contributed by atoms with van der Waals surface area (Å²) in [5.41, 5.74) is 1.09. The number of hydrogen-bond acceptors (Lipinski definition) is 3. The summed E-state index contributed by atoms with van der Waals surface area (Å²) in [5, 5.41) is 0. The van der Waals surface area contributed by atoms with Crippen molar-refractivity contribution in [1.82, 2.24) is 0 Å². The van der Waals surface area contributed by atoms with Gasteiger partial charge in [0, 0.05) is 12.7 Å². The Morgan fingerprint density at radius 3 is 2.00 bits per heavy atom. The molecular weight excluding hydrogens is 252 g/mol. The lowest BCUT2D eigenvalue weighted by Crippen LogP contribution is -1.97. The molecule has 1 aromatic carbocycles. The lowest BCUT2D eigenvalue weighted by Gasteiger charge is -2.09. The fourth-order valence-electron chi connectivity index (χ4n) is 2.12. The molecular formula is C17H28O3. The minimum Gasteiger partial charge on any atom is -0.497 e. The first-order chi connectivity index (χ1) is 9.80. The fraction of sp³-hybridized carbons (Fsp3) is 0.647. The molecule has 114 valence electrons. The molecule has 0 heterocycles. The third-order valence-electron chi connectivity index (χ3n) is 3.32. The van der Waals surface area contributed by atoms with Crippen molar-refractivity contribution in [2.24, 2.45) is 0 Å². The van der Waals surface area contributed by atoms with Crippen molar-refractivity contribution in [2.75, 3.05) is 20.8 Å². The van der Waals surface area contributed by atoms with Gasteiger partial charge in [-0.05, 0) is 24.1 Å². The zero-order chi connectivity index (χ0) is 14.6. The topological polar surface area (TPSA) is 27.7 Å². The summed E-state index contributed by atoms with van der Waals surface area (Å²) in [4.78, 5) is 0. The molecule has 0 bridgehead atoms. The highest BCUT2D eigenvalue weighted by Crippen LogP contribution is 2.22. The maximum atomic E-state index is 5.71. The molecule has 0 unspecified atom stereocenters. The Kier molecular flexibility index (Phi) is 8.88. The lowest BCUT2D eigenvalue weighted by molar-refractivity contribution is 0.116. The van der Waals surface area contributed by atoms with Crippen molar-refractivity contribution in [3.8, 4) is 11.5 Å². The van der Waals surface area contributed by atoms with Gasteiger partial charge >= 0.3 is 0 Å². The van der Waals surface area contributed by atoms with Crippen LogP contribution in [-0.2, 0) is 11.3 Å². The van der Waals surface area contributed by atoms with Gasteiger partial charge in [-0.15, -0.1) is 0 Å². The lowest BCUT2D eigenvalue weighted by atomic mass is 10.1. The van der Waals surface area contributed by atoms with Crippen LogP contribution >= 0.6 is 0 Å². The van der Waals surface area contributed by atoms with Gasteiger partial charge in [-0.3, -0.25) is 0 Å². The van der Waals surface area contributed by atoms with Crippen LogP contribution in [0, 0.1) is 0 Å². The highest BCUT2D eigenvalue weighted by molar-refractivity contribution is 5.38. The Balaban J connectivity index is 2.21. The Morgan fingerprint density at radius 1 is 0.800 bits per heavy atom. The number of rotatable bonds is 11. The normalized spacial score (nSPS) is 10.6. The first kappa shape index (κ1) is 16.8. The maximum absolute atomic E-state index is 5.71. The summed E-state index contributed by atoms with van der Waals surface area (Å²) in [5.74, 6) is 1.62. The molecule has 1 aromatic rings. The quantitative estimate of drug-likeness (QED) is 0.555. The summed E-state index contributed by atoms with van der Waals surface area (Å²) < 4.78 is 16.2. The van der Waals surface area contributed by atoms with Crippen LogP contribution in [0.3, 0.4) is 0 Å². The van der Waals surface area contributed by atoms with E-state index < -0.39 is 0 Å². The number of benzene rings is 1. The number of ether oxygens (including phenoxy) is 3. The Bertz CT molecular complexity index is 341. The molecule has 1 rings (SSSR count). The van der Waals surface area contributed by atoms with Crippen molar-refractivity contribution in [2.45, 2.75) is 52.1 Å². The van der Waals surface area contributed by atoms with Crippen LogP contribution < -0.4 is 9.47 Å². The van der Waals surface area contributed by atoms with Crippen molar-refractivity contribution in [3.05, 3.63) is 23.8 Å². The van der Waals surface area contributed by atoms with Gasteiger partial charge in [0.25, 0.3) is 0 Å². The second-order valence-corrected chi connectivity index (χ2v) is 5.04. The predicted molar refractivity (Wildman–Crippen MR) is 82.6 cm³/mol. The van der Waals surface area contributed by atoms with Gasteiger partial charge in [0.1, 0.15) is 11.5 Å². The van der Waals surface area contributed by atoms with E-state index in [9.17, 15) is 0 Å². The molecule has 0 saturated carbocycles. The van der Waals surface area contributed by atoms with Crippen LogP contribution in [-0.4, -0.2) is 20.8 Å². The van der Waals surface area contributed by atoms with Crippen LogP contribution in [0.15, 0.2) is 18.2 Å². The first-order valence-corrected chi connectivity index (χ1v) is 7.59. The van der Waals surface area contributed by atoms with E-state index >= 15 is 0 Å². The van der Waals surface area contributed by atoms with E-state index in [0.717, 1.165) is 30.1 Å². The van der Waals surface area contributed by atoms with Crippen molar-refractivity contribution >= 4 is 0 Å². The van der Waals surface area contributed by atoms with Crippen LogP contribution in [0.4, 0.5) is 0 Å². The molecule has 0 amide bonds. The van der Waals surface area contributed by atoms with Gasteiger partial charge in [-0.1, -0.05) is 39.0 Å². The average Bonchev–Trinajstić information content (AvgIpc) is 2.49. The molecule has 0 saturated heterocycles. The number of hydrogen-bond donors (Lipinski definition) is 0. The largest absolute Gasteiger partial charge is 0.497 e. The zero-order valence-electron chi connectivity index (χ0n) is 13.1. The minimum atomic E-state index is 0.614. The standard InChI is InChI=1S/C17H28O3/c1-4-5-6-7-8-9-10-20-14-15-11-16(18-2)13-17(12-15)19-3/h11-13H,4-10,14H2,1-3H3. The average molecular weight is 280 g/mol. The molecule has 0 aliphatic rings. The molecule has 0 aromatic heterocycles. The molecule has 0 atom stereocenters. The molecule has 0 aliphatic heterocycles. The summed E-state index contributed by atoms with van der Waals surface area (Å²) in [6, 6.07) is 5.85. The Labute approximate surface area is 123 Å². The number of unbranched alkanes of at least 4 members (excludes halogenated alkanes) is 5. The number of methoxy groups -OCH3 is 2. The van der Waals surface area contributed by atoms with E-state index in [1.54, 1.807) is 14.2 Å². The monoisotopic (exact) mass is 280 g/mol. The molecule has 20 heavy (non-hydrogen) atoms. The highest BCUT2D eigenvalue weighted by atomic mass is 16.5. The second kappa shape index (κ2) is 10.6. The molecule has 0 fully saturated rings. The third kappa shape index (κ3) is 6.80. The Hall–Kier alpha value is -1.22. The van der Waals surface area contributed by atoms with Crippen molar-refractivity contribution < 1.29 is 14.2 Å². The van der Waals surface area contributed by atoms with E-state index in [0.29, 0.717) is 6.61 Å². The molecule has 3 nitrogen and oxygen atoms in total. The minimum absolute atomic E-state index is 0.614. The van der Waals surface area contributed by atoms with Crippen LogP contribution in [0.1, 0.15) is 51.0 Å². The molecule has 0 N–H and O–H groups in total. The van der Waals surface area contributed by atoms with Crippen LogP contribution in [0.2, 0.25) is 0 Å². The van der Waals surface area contributed by atoms with Crippen molar-refractivity contribution in [1.29, 1.82) is 0 Å². The van der Waals surface area contributed by atoms with Gasteiger partial charge in [-0.25, -0.2) is 0 Å². The molecule has 0 radical (unpaired) electrons. The fourth-order valence-corrected chi connectivity index (χ4v) is 2.12. The summed E-state index contributed by atoms with van der Waals surface area (Å²) in [7, 11) is 3.32. The van der Waals surface area contributed by atoms with E-state index in [1.165, 1.54) is 32.1 Å². The summed E-state index contributed by atoms with van der Waals surface area (Å²) in [6.45, 7) is 3.68.